The van der Waals surface area contributed by atoms with Crippen LogP contribution in [0.5, 0.6) is 5.75 Å². The molecule has 0 aliphatic heterocycles. The van der Waals surface area contributed by atoms with Crippen LogP contribution in [0.2, 0.25) is 0 Å². The van der Waals surface area contributed by atoms with Gasteiger partial charge in [-0.15, -0.1) is 0 Å². The zero-order valence-corrected chi connectivity index (χ0v) is 9.69. The molecule has 16 heavy (non-hydrogen) atoms. The summed E-state index contributed by atoms with van der Waals surface area (Å²) in [5.41, 5.74) is 7.12. The zero-order valence-electron chi connectivity index (χ0n) is 9.69. The van der Waals surface area contributed by atoms with Crippen molar-refractivity contribution in [1.29, 1.82) is 0 Å². The Morgan fingerprint density at radius 1 is 1.31 bits per heavy atom. The quantitative estimate of drug-likeness (QED) is 0.800. The van der Waals surface area contributed by atoms with Crippen molar-refractivity contribution in [2.75, 3.05) is 20.3 Å². The van der Waals surface area contributed by atoms with Crippen LogP contribution in [0.4, 0.5) is 0 Å². The minimum Gasteiger partial charge on any atom is -0.497 e. The van der Waals surface area contributed by atoms with Crippen LogP contribution in [0, 0.1) is 5.92 Å². The second-order valence-electron chi connectivity index (χ2n) is 4.36. The molecule has 88 valence electrons. The molecule has 1 aliphatic carbocycles. The van der Waals surface area contributed by atoms with Gasteiger partial charge in [0.05, 0.1) is 19.8 Å². The summed E-state index contributed by atoms with van der Waals surface area (Å²) in [4.78, 5) is 0. The van der Waals surface area contributed by atoms with Gasteiger partial charge in [-0.3, -0.25) is 0 Å². The highest BCUT2D eigenvalue weighted by Crippen LogP contribution is 2.29. The molecule has 0 amide bonds. The first-order valence-corrected chi connectivity index (χ1v) is 5.77. The molecule has 0 heterocycles. The lowest BCUT2D eigenvalue weighted by atomic mass is 10.1. The molecule has 1 aliphatic rings. The number of hydrogen-bond donors (Lipinski definition) is 1. The summed E-state index contributed by atoms with van der Waals surface area (Å²) in [6, 6.07) is 7.80. The predicted octanol–water partition coefficient (Wildman–Crippen LogP) is 2.12. The second-order valence-corrected chi connectivity index (χ2v) is 4.36. The standard InChI is InChI=1S/C13H19NO2/c1-15-12-6-4-11(5-7-12)13(14)9-16-8-10-2-3-10/h4-7,10,13H,2-3,8-9,14H2,1H3. The topological polar surface area (TPSA) is 44.5 Å². The maximum atomic E-state index is 6.03. The Kier molecular flexibility index (Phi) is 3.80. The molecular weight excluding hydrogens is 202 g/mol. The lowest BCUT2D eigenvalue weighted by Gasteiger charge is -2.12. The maximum Gasteiger partial charge on any atom is 0.118 e. The van der Waals surface area contributed by atoms with Gasteiger partial charge >= 0.3 is 0 Å². The van der Waals surface area contributed by atoms with E-state index in [4.69, 9.17) is 15.2 Å². The van der Waals surface area contributed by atoms with E-state index in [9.17, 15) is 0 Å². The molecular formula is C13H19NO2. The largest absolute Gasteiger partial charge is 0.497 e. The molecule has 1 atom stereocenters. The van der Waals surface area contributed by atoms with Crippen molar-refractivity contribution in [2.45, 2.75) is 18.9 Å². The maximum absolute atomic E-state index is 6.03. The van der Waals surface area contributed by atoms with Crippen molar-refractivity contribution >= 4 is 0 Å². The summed E-state index contributed by atoms with van der Waals surface area (Å²) in [7, 11) is 1.66. The molecule has 0 saturated heterocycles. The van der Waals surface area contributed by atoms with Gasteiger partial charge in [-0.05, 0) is 36.5 Å². The SMILES string of the molecule is COc1ccc(C(N)COCC2CC2)cc1. The fourth-order valence-electron chi connectivity index (χ4n) is 1.59. The van der Waals surface area contributed by atoms with E-state index in [-0.39, 0.29) is 6.04 Å². The van der Waals surface area contributed by atoms with Crippen LogP contribution >= 0.6 is 0 Å². The summed E-state index contributed by atoms with van der Waals surface area (Å²) >= 11 is 0. The number of hydrogen-bond acceptors (Lipinski definition) is 3. The smallest absolute Gasteiger partial charge is 0.118 e. The molecule has 1 aromatic rings. The minimum atomic E-state index is -0.0374. The first kappa shape index (κ1) is 11.4. The number of rotatable bonds is 6. The highest BCUT2D eigenvalue weighted by Gasteiger charge is 2.21. The molecule has 3 heteroatoms. The summed E-state index contributed by atoms with van der Waals surface area (Å²) in [6.07, 6.45) is 2.63. The van der Waals surface area contributed by atoms with E-state index >= 15 is 0 Å². The summed E-state index contributed by atoms with van der Waals surface area (Å²) in [5, 5.41) is 0. The van der Waals surface area contributed by atoms with Gasteiger partial charge < -0.3 is 15.2 Å². The Bertz CT molecular complexity index is 319. The van der Waals surface area contributed by atoms with E-state index in [2.05, 4.69) is 0 Å². The van der Waals surface area contributed by atoms with Gasteiger partial charge in [0.2, 0.25) is 0 Å². The third-order valence-electron chi connectivity index (χ3n) is 2.89. The monoisotopic (exact) mass is 221 g/mol. The number of ether oxygens (including phenoxy) is 2. The van der Waals surface area contributed by atoms with Crippen LogP contribution in [0.1, 0.15) is 24.4 Å². The molecule has 0 spiro atoms. The first-order chi connectivity index (χ1) is 7.79. The van der Waals surface area contributed by atoms with Crippen molar-refractivity contribution in [1.82, 2.24) is 0 Å². The van der Waals surface area contributed by atoms with Crippen LogP contribution in [-0.4, -0.2) is 20.3 Å². The lowest BCUT2D eigenvalue weighted by Crippen LogP contribution is -2.17. The van der Waals surface area contributed by atoms with Gasteiger partial charge in [-0.2, -0.15) is 0 Å². The van der Waals surface area contributed by atoms with Crippen molar-refractivity contribution in [3.8, 4) is 5.75 Å². The van der Waals surface area contributed by atoms with Crippen LogP contribution in [0.3, 0.4) is 0 Å². The van der Waals surface area contributed by atoms with Crippen molar-refractivity contribution in [2.24, 2.45) is 11.7 Å². The van der Waals surface area contributed by atoms with E-state index < -0.39 is 0 Å². The van der Waals surface area contributed by atoms with Gasteiger partial charge in [0.1, 0.15) is 5.75 Å². The molecule has 1 saturated carbocycles. The zero-order chi connectivity index (χ0) is 11.4. The molecule has 3 nitrogen and oxygen atoms in total. The fourth-order valence-corrected chi connectivity index (χ4v) is 1.59. The van der Waals surface area contributed by atoms with Crippen LogP contribution in [0.15, 0.2) is 24.3 Å². The minimum absolute atomic E-state index is 0.0374. The Hall–Kier alpha value is -1.06. The Balaban J connectivity index is 1.79. The number of methoxy groups -OCH3 is 1. The summed E-state index contributed by atoms with van der Waals surface area (Å²) in [5.74, 6) is 1.65. The van der Waals surface area contributed by atoms with E-state index in [1.54, 1.807) is 7.11 Å². The van der Waals surface area contributed by atoms with E-state index in [1.807, 2.05) is 24.3 Å². The molecule has 1 fully saturated rings. The Labute approximate surface area is 96.5 Å². The Morgan fingerprint density at radius 2 is 2.00 bits per heavy atom. The first-order valence-electron chi connectivity index (χ1n) is 5.77. The normalized spacial score (nSPS) is 17.1. The average molecular weight is 221 g/mol. The van der Waals surface area contributed by atoms with Crippen molar-refractivity contribution < 1.29 is 9.47 Å². The van der Waals surface area contributed by atoms with Crippen molar-refractivity contribution in [3.05, 3.63) is 29.8 Å². The van der Waals surface area contributed by atoms with Gasteiger partial charge in [-0.1, -0.05) is 12.1 Å². The average Bonchev–Trinajstić information content (AvgIpc) is 3.13. The fraction of sp³-hybridized carbons (Fsp3) is 0.538. The van der Waals surface area contributed by atoms with E-state index in [0.29, 0.717) is 6.61 Å². The summed E-state index contributed by atoms with van der Waals surface area (Å²) in [6.45, 7) is 1.46. The van der Waals surface area contributed by atoms with Gasteiger partial charge in [-0.25, -0.2) is 0 Å². The van der Waals surface area contributed by atoms with E-state index in [1.165, 1.54) is 12.8 Å². The molecule has 1 unspecified atom stereocenters. The van der Waals surface area contributed by atoms with E-state index in [0.717, 1.165) is 23.8 Å². The molecule has 1 aromatic carbocycles. The predicted molar refractivity (Wildman–Crippen MR) is 63.5 cm³/mol. The number of benzene rings is 1. The molecule has 2 N–H and O–H groups in total. The Morgan fingerprint density at radius 3 is 2.56 bits per heavy atom. The third-order valence-corrected chi connectivity index (χ3v) is 2.89. The van der Waals surface area contributed by atoms with Gasteiger partial charge in [0.15, 0.2) is 0 Å². The van der Waals surface area contributed by atoms with Crippen molar-refractivity contribution in [3.63, 3.8) is 0 Å². The third kappa shape index (κ3) is 3.22. The highest BCUT2D eigenvalue weighted by atomic mass is 16.5. The summed E-state index contributed by atoms with van der Waals surface area (Å²) < 4.78 is 10.7. The molecule has 0 bridgehead atoms. The molecule has 0 aromatic heterocycles. The second kappa shape index (κ2) is 5.32. The van der Waals surface area contributed by atoms with Gasteiger partial charge in [0.25, 0.3) is 0 Å². The number of nitrogens with two attached hydrogens (primary N) is 1. The molecule has 0 radical (unpaired) electrons. The van der Waals surface area contributed by atoms with Gasteiger partial charge in [0, 0.05) is 6.61 Å². The van der Waals surface area contributed by atoms with Crippen LogP contribution in [-0.2, 0) is 4.74 Å². The lowest BCUT2D eigenvalue weighted by molar-refractivity contribution is 0.112. The van der Waals surface area contributed by atoms with Crippen LogP contribution < -0.4 is 10.5 Å². The molecule has 2 rings (SSSR count). The van der Waals surface area contributed by atoms with Crippen LogP contribution in [0.25, 0.3) is 0 Å². The highest BCUT2D eigenvalue weighted by molar-refractivity contribution is 5.28.